The molecular formula is C20H14O4S. The van der Waals surface area contributed by atoms with Crippen LogP contribution in [0.15, 0.2) is 58.3 Å². The molecule has 0 saturated heterocycles. The number of allylic oxidation sites excluding steroid dienone is 2. The fourth-order valence-corrected chi connectivity index (χ4v) is 4.75. The number of sulfone groups is 1. The zero-order valence-electron chi connectivity index (χ0n) is 13.2. The van der Waals surface area contributed by atoms with Gasteiger partial charge in [0.05, 0.1) is 0 Å². The highest BCUT2D eigenvalue weighted by molar-refractivity contribution is 8.01. The Morgan fingerprint density at radius 3 is 1.48 bits per heavy atom. The van der Waals surface area contributed by atoms with Crippen molar-refractivity contribution in [1.82, 2.24) is 0 Å². The maximum atomic E-state index is 13.0. The first-order chi connectivity index (χ1) is 12.0. The second-order valence-corrected chi connectivity index (χ2v) is 8.00. The molecule has 0 heterocycles. The molecule has 25 heavy (non-hydrogen) atoms. The maximum absolute atomic E-state index is 13.0. The lowest BCUT2D eigenvalue weighted by Crippen LogP contribution is -2.25. The topological polar surface area (TPSA) is 68.3 Å². The third-order valence-electron chi connectivity index (χ3n) is 4.51. The van der Waals surface area contributed by atoms with Crippen LogP contribution < -0.4 is 0 Å². The number of carbonyl (C=O) groups is 2. The quantitative estimate of drug-likeness (QED) is 0.835. The molecule has 2 aromatic carbocycles. The van der Waals surface area contributed by atoms with Gasteiger partial charge in [-0.3, -0.25) is 9.59 Å². The summed E-state index contributed by atoms with van der Waals surface area (Å²) in [5.74, 6) is -0.961. The molecule has 2 aliphatic rings. The lowest BCUT2D eigenvalue weighted by molar-refractivity contribution is -0.114. The van der Waals surface area contributed by atoms with Gasteiger partial charge in [0.2, 0.25) is 9.84 Å². The summed E-state index contributed by atoms with van der Waals surface area (Å²) in [4.78, 5) is 24.2. The second-order valence-electron chi connectivity index (χ2n) is 6.12. The third kappa shape index (κ3) is 2.57. The normalized spacial score (nSPS) is 16.6. The lowest BCUT2D eigenvalue weighted by atomic mass is 9.96. The van der Waals surface area contributed by atoms with Gasteiger partial charge >= 0.3 is 0 Å². The Balaban J connectivity index is 1.86. The summed E-state index contributed by atoms with van der Waals surface area (Å²) >= 11 is 0. The highest BCUT2D eigenvalue weighted by Gasteiger charge is 2.36. The van der Waals surface area contributed by atoms with E-state index in [0.717, 1.165) is 11.1 Å². The number of rotatable bonds is 2. The van der Waals surface area contributed by atoms with E-state index in [1.165, 1.54) is 12.2 Å². The van der Waals surface area contributed by atoms with Crippen LogP contribution in [0.25, 0.3) is 12.2 Å². The maximum Gasteiger partial charge on any atom is 0.213 e. The van der Waals surface area contributed by atoms with Crippen LogP contribution in [0.3, 0.4) is 0 Å². The van der Waals surface area contributed by atoms with E-state index in [1.54, 1.807) is 36.4 Å². The van der Waals surface area contributed by atoms with Crippen molar-refractivity contribution in [2.75, 3.05) is 0 Å². The Kier molecular flexibility index (Phi) is 3.54. The summed E-state index contributed by atoms with van der Waals surface area (Å²) < 4.78 is 26.0. The zero-order valence-corrected chi connectivity index (χ0v) is 14.0. The molecule has 0 N–H and O–H groups in total. The van der Waals surface area contributed by atoms with E-state index >= 15 is 0 Å². The predicted octanol–water partition coefficient (Wildman–Crippen LogP) is 2.73. The van der Waals surface area contributed by atoms with Crippen LogP contribution in [-0.2, 0) is 32.3 Å². The van der Waals surface area contributed by atoms with E-state index in [1.807, 2.05) is 12.1 Å². The van der Waals surface area contributed by atoms with Gasteiger partial charge in [-0.05, 0) is 34.4 Å². The molecular weight excluding hydrogens is 336 g/mol. The van der Waals surface area contributed by atoms with E-state index in [0.29, 0.717) is 11.1 Å². The average molecular weight is 350 g/mol. The van der Waals surface area contributed by atoms with Crippen molar-refractivity contribution in [3.05, 3.63) is 80.6 Å². The molecule has 4 rings (SSSR count). The smallest absolute Gasteiger partial charge is 0.213 e. The first-order valence-corrected chi connectivity index (χ1v) is 9.36. The van der Waals surface area contributed by atoms with Gasteiger partial charge in [0.1, 0.15) is 9.81 Å². The van der Waals surface area contributed by atoms with E-state index in [2.05, 4.69) is 0 Å². The van der Waals surface area contributed by atoms with Crippen LogP contribution in [0.1, 0.15) is 22.3 Å². The number of Topliss-reactive ketones (excluding diaryl/α,β-unsaturated/α-hetero) is 2. The summed E-state index contributed by atoms with van der Waals surface area (Å²) in [5.41, 5.74) is 2.98. The standard InChI is InChI=1S/C20H14O4S/c21-17-9-13-5-1-3-7-15(13)11-19(17)25(23,24)20-12-16-8-4-2-6-14(16)10-18(20)22/h1-8,11-12H,9-10H2. The van der Waals surface area contributed by atoms with Crippen molar-refractivity contribution in [1.29, 1.82) is 0 Å². The molecule has 124 valence electrons. The van der Waals surface area contributed by atoms with E-state index in [-0.39, 0.29) is 22.7 Å². The van der Waals surface area contributed by atoms with Gasteiger partial charge in [-0.1, -0.05) is 48.5 Å². The van der Waals surface area contributed by atoms with Crippen LogP contribution in [0.4, 0.5) is 0 Å². The van der Waals surface area contributed by atoms with Crippen molar-refractivity contribution in [2.24, 2.45) is 0 Å². The van der Waals surface area contributed by atoms with E-state index in [4.69, 9.17) is 0 Å². The highest BCUT2D eigenvalue weighted by atomic mass is 32.2. The summed E-state index contributed by atoms with van der Waals surface area (Å²) in [6.07, 6.45) is 2.81. The molecule has 4 nitrogen and oxygen atoms in total. The third-order valence-corrected chi connectivity index (χ3v) is 6.36. The number of hydrogen-bond acceptors (Lipinski definition) is 4. The number of ketones is 2. The molecule has 2 aliphatic carbocycles. The van der Waals surface area contributed by atoms with Crippen molar-refractivity contribution in [2.45, 2.75) is 12.8 Å². The van der Waals surface area contributed by atoms with Gasteiger partial charge < -0.3 is 0 Å². The van der Waals surface area contributed by atoms with Gasteiger partial charge in [-0.2, -0.15) is 0 Å². The first-order valence-electron chi connectivity index (χ1n) is 7.87. The van der Waals surface area contributed by atoms with Crippen LogP contribution >= 0.6 is 0 Å². The predicted molar refractivity (Wildman–Crippen MR) is 95.2 cm³/mol. The van der Waals surface area contributed by atoms with Crippen molar-refractivity contribution < 1.29 is 18.0 Å². The second kappa shape index (κ2) is 5.63. The molecule has 0 fully saturated rings. The number of carbonyl (C=O) groups excluding carboxylic acids is 2. The van der Waals surface area contributed by atoms with Crippen molar-refractivity contribution >= 4 is 33.6 Å². The SMILES string of the molecule is O=C1Cc2ccccc2C=C1S(=O)(=O)C1=Cc2ccccc2CC1=O. The van der Waals surface area contributed by atoms with Crippen LogP contribution in [0.5, 0.6) is 0 Å². The van der Waals surface area contributed by atoms with Crippen LogP contribution in [0, 0.1) is 0 Å². The van der Waals surface area contributed by atoms with Crippen LogP contribution in [0.2, 0.25) is 0 Å². The largest absolute Gasteiger partial charge is 0.293 e. The monoisotopic (exact) mass is 350 g/mol. The fourth-order valence-electron chi connectivity index (χ4n) is 3.21. The summed E-state index contributed by atoms with van der Waals surface area (Å²) in [6.45, 7) is 0. The number of benzene rings is 2. The Morgan fingerprint density at radius 1 is 0.640 bits per heavy atom. The molecule has 0 radical (unpaired) electrons. The molecule has 0 unspecified atom stereocenters. The fraction of sp³-hybridized carbons (Fsp3) is 0.100. The summed E-state index contributed by atoms with van der Waals surface area (Å²) in [6, 6.07) is 14.3. The molecule has 0 bridgehead atoms. The van der Waals surface area contributed by atoms with Gasteiger partial charge in [-0.25, -0.2) is 8.42 Å². The molecule has 0 saturated carbocycles. The zero-order chi connectivity index (χ0) is 17.6. The first kappa shape index (κ1) is 15.7. The number of fused-ring (bicyclic) bond motifs is 2. The highest BCUT2D eigenvalue weighted by Crippen LogP contribution is 2.32. The van der Waals surface area contributed by atoms with Gasteiger partial charge in [0.15, 0.2) is 11.6 Å². The Labute approximate surface area is 145 Å². The van der Waals surface area contributed by atoms with E-state index in [9.17, 15) is 18.0 Å². The molecule has 0 amide bonds. The Bertz CT molecular complexity index is 1010. The Morgan fingerprint density at radius 2 is 1.04 bits per heavy atom. The summed E-state index contributed by atoms with van der Waals surface area (Å²) in [5, 5.41) is 0. The van der Waals surface area contributed by atoms with Crippen molar-refractivity contribution in [3.8, 4) is 0 Å². The molecule has 0 aliphatic heterocycles. The van der Waals surface area contributed by atoms with Crippen LogP contribution in [-0.4, -0.2) is 20.0 Å². The minimum absolute atomic E-state index is 0.0271. The van der Waals surface area contributed by atoms with Gasteiger partial charge in [0.25, 0.3) is 0 Å². The lowest BCUT2D eigenvalue weighted by Gasteiger charge is -2.19. The molecule has 2 aromatic rings. The molecule has 0 aromatic heterocycles. The molecule has 0 spiro atoms. The minimum atomic E-state index is -4.15. The molecule has 5 heteroatoms. The summed E-state index contributed by atoms with van der Waals surface area (Å²) in [7, 11) is -4.15. The van der Waals surface area contributed by atoms with Crippen molar-refractivity contribution in [3.63, 3.8) is 0 Å². The van der Waals surface area contributed by atoms with E-state index < -0.39 is 21.4 Å². The van der Waals surface area contributed by atoms with Gasteiger partial charge in [-0.15, -0.1) is 0 Å². The Hall–Kier alpha value is -2.79. The average Bonchev–Trinajstić information content (AvgIpc) is 2.60. The van der Waals surface area contributed by atoms with Gasteiger partial charge in [0, 0.05) is 12.8 Å². The number of hydrogen-bond donors (Lipinski definition) is 0. The minimum Gasteiger partial charge on any atom is -0.293 e. The molecule has 0 atom stereocenters.